The lowest BCUT2D eigenvalue weighted by atomic mass is 10.1. The molecule has 0 N–H and O–H groups in total. The third kappa shape index (κ3) is 2.01. The topological polar surface area (TPSA) is 26.3 Å². The number of hydrogen-bond donors (Lipinski definition) is 0. The van der Waals surface area contributed by atoms with E-state index in [-0.39, 0.29) is 15.6 Å². The van der Waals surface area contributed by atoms with Gasteiger partial charge in [0.2, 0.25) is 0 Å². The molecule has 0 radical (unpaired) electrons. The Balaban J connectivity index is 3.34. The normalized spacial score (nSPS) is 9.29. The number of benzene rings is 1. The number of hydrogen-bond acceptors (Lipinski definition) is 2. The van der Waals surface area contributed by atoms with E-state index >= 15 is 0 Å². The van der Waals surface area contributed by atoms with Crippen LogP contribution in [0, 0.1) is 12.3 Å². The van der Waals surface area contributed by atoms with Crippen LogP contribution in [-0.2, 0) is 4.74 Å². The Morgan fingerprint density at radius 2 is 1.93 bits per heavy atom. The minimum absolute atomic E-state index is 0.134. The van der Waals surface area contributed by atoms with Crippen molar-refractivity contribution in [2.75, 3.05) is 7.11 Å². The predicted molar refractivity (Wildman–Crippen MR) is 55.7 cm³/mol. The molecule has 1 aromatic carbocycles. The van der Waals surface area contributed by atoms with Crippen molar-refractivity contribution in [1.29, 1.82) is 0 Å². The summed E-state index contributed by atoms with van der Waals surface area (Å²) in [7, 11) is 1.25. The summed E-state index contributed by atoms with van der Waals surface area (Å²) in [6, 6.07) is 2.97. The van der Waals surface area contributed by atoms with Crippen LogP contribution < -0.4 is 0 Å². The van der Waals surface area contributed by atoms with Crippen molar-refractivity contribution < 1.29 is 9.53 Å². The molecule has 1 aromatic rings. The average Bonchev–Trinajstić information content (AvgIpc) is 2.16. The van der Waals surface area contributed by atoms with Crippen LogP contribution in [0.25, 0.3) is 0 Å². The van der Waals surface area contributed by atoms with E-state index in [4.69, 9.17) is 29.6 Å². The second-order valence-corrected chi connectivity index (χ2v) is 3.27. The van der Waals surface area contributed by atoms with Gasteiger partial charge in [0.25, 0.3) is 0 Å². The van der Waals surface area contributed by atoms with Crippen molar-refractivity contribution in [3.63, 3.8) is 0 Å². The zero-order chi connectivity index (χ0) is 10.7. The van der Waals surface area contributed by atoms with Gasteiger partial charge in [0.1, 0.15) is 0 Å². The highest BCUT2D eigenvalue weighted by Gasteiger charge is 2.15. The van der Waals surface area contributed by atoms with Gasteiger partial charge in [0, 0.05) is 5.56 Å². The number of terminal acetylenes is 1. The van der Waals surface area contributed by atoms with E-state index in [9.17, 15) is 4.79 Å². The summed E-state index contributed by atoms with van der Waals surface area (Å²) in [6.07, 6.45) is 5.16. The monoisotopic (exact) mass is 228 g/mol. The fraction of sp³-hybridized carbons (Fsp3) is 0.100. The highest BCUT2D eigenvalue weighted by atomic mass is 35.5. The summed E-state index contributed by atoms with van der Waals surface area (Å²) in [5.41, 5.74) is 0.655. The van der Waals surface area contributed by atoms with E-state index in [1.165, 1.54) is 19.2 Å². The Morgan fingerprint density at radius 3 is 2.29 bits per heavy atom. The minimum Gasteiger partial charge on any atom is -0.465 e. The van der Waals surface area contributed by atoms with Gasteiger partial charge in [-0.05, 0) is 12.1 Å². The molecule has 0 aromatic heterocycles. The zero-order valence-electron chi connectivity index (χ0n) is 7.30. The molecule has 0 bridgehead atoms. The maximum Gasteiger partial charge on any atom is 0.340 e. The van der Waals surface area contributed by atoms with E-state index in [1.807, 2.05) is 0 Å². The van der Waals surface area contributed by atoms with Crippen LogP contribution in [0.1, 0.15) is 15.9 Å². The molecule has 0 aliphatic heterocycles. The van der Waals surface area contributed by atoms with E-state index in [0.717, 1.165) is 0 Å². The third-order valence-electron chi connectivity index (χ3n) is 1.60. The van der Waals surface area contributed by atoms with E-state index in [1.54, 1.807) is 0 Å². The number of ether oxygens (including phenoxy) is 1. The van der Waals surface area contributed by atoms with Gasteiger partial charge in [-0.1, -0.05) is 29.1 Å². The Bertz CT molecular complexity index is 396. The van der Waals surface area contributed by atoms with Crippen molar-refractivity contribution in [2.45, 2.75) is 0 Å². The van der Waals surface area contributed by atoms with Gasteiger partial charge < -0.3 is 4.74 Å². The molecule has 0 aliphatic rings. The van der Waals surface area contributed by atoms with Gasteiger partial charge in [-0.2, -0.15) is 0 Å². The Kier molecular flexibility index (Phi) is 3.40. The van der Waals surface area contributed by atoms with Crippen LogP contribution in [0.5, 0.6) is 0 Å². The molecule has 14 heavy (non-hydrogen) atoms. The Hall–Kier alpha value is -1.17. The minimum atomic E-state index is -0.580. The fourth-order valence-electron chi connectivity index (χ4n) is 0.954. The Morgan fingerprint density at radius 1 is 1.43 bits per heavy atom. The molecule has 0 fully saturated rings. The van der Waals surface area contributed by atoms with Crippen LogP contribution in [0.4, 0.5) is 0 Å². The number of carbonyl (C=O) groups is 1. The highest BCUT2D eigenvalue weighted by Crippen LogP contribution is 2.26. The summed E-state index contributed by atoms with van der Waals surface area (Å²) >= 11 is 11.6. The van der Waals surface area contributed by atoms with Crippen molar-refractivity contribution in [3.8, 4) is 12.3 Å². The Labute approximate surface area is 91.8 Å². The summed E-state index contributed by atoms with van der Waals surface area (Å²) < 4.78 is 4.51. The molecule has 0 amide bonds. The SMILES string of the molecule is C#Cc1cc(Cl)c(C(=O)OC)c(Cl)c1. The second kappa shape index (κ2) is 4.36. The van der Waals surface area contributed by atoms with Crippen LogP contribution in [-0.4, -0.2) is 13.1 Å². The molecular weight excluding hydrogens is 223 g/mol. The number of carbonyl (C=O) groups excluding carboxylic acids is 1. The zero-order valence-corrected chi connectivity index (χ0v) is 8.82. The van der Waals surface area contributed by atoms with Crippen molar-refractivity contribution in [1.82, 2.24) is 0 Å². The lowest BCUT2D eigenvalue weighted by Gasteiger charge is -2.05. The number of esters is 1. The summed E-state index contributed by atoms with van der Waals surface area (Å²) in [5.74, 6) is 1.79. The molecule has 0 atom stereocenters. The average molecular weight is 229 g/mol. The number of methoxy groups -OCH3 is 1. The molecule has 0 aliphatic carbocycles. The highest BCUT2D eigenvalue weighted by molar-refractivity contribution is 6.39. The predicted octanol–water partition coefficient (Wildman–Crippen LogP) is 2.76. The largest absolute Gasteiger partial charge is 0.465 e. The van der Waals surface area contributed by atoms with Gasteiger partial charge >= 0.3 is 5.97 Å². The molecular formula is C10H6Cl2O2. The molecule has 1 rings (SSSR count). The summed E-state index contributed by atoms with van der Waals surface area (Å²) in [5, 5.41) is 0.384. The van der Waals surface area contributed by atoms with Gasteiger partial charge in [-0.15, -0.1) is 6.42 Å². The number of rotatable bonds is 1. The van der Waals surface area contributed by atoms with Gasteiger partial charge in [-0.25, -0.2) is 4.79 Å². The quantitative estimate of drug-likeness (QED) is 0.546. The van der Waals surface area contributed by atoms with E-state index in [2.05, 4.69) is 10.7 Å². The van der Waals surface area contributed by atoms with Crippen molar-refractivity contribution in [2.24, 2.45) is 0 Å². The first-order chi connectivity index (χ1) is 6.60. The standard InChI is InChI=1S/C10H6Cl2O2/c1-3-6-4-7(11)9(8(12)5-6)10(13)14-2/h1,4-5H,2H3. The lowest BCUT2D eigenvalue weighted by molar-refractivity contribution is 0.0601. The summed E-state index contributed by atoms with van der Waals surface area (Å²) in [4.78, 5) is 11.2. The van der Waals surface area contributed by atoms with Gasteiger partial charge in [0.15, 0.2) is 0 Å². The molecule has 72 valence electrons. The van der Waals surface area contributed by atoms with Gasteiger partial charge in [-0.3, -0.25) is 0 Å². The first-order valence-corrected chi connectivity index (χ1v) is 4.39. The molecule has 0 saturated carbocycles. The number of halogens is 2. The molecule has 2 nitrogen and oxygen atoms in total. The molecule has 0 heterocycles. The van der Waals surface area contributed by atoms with Crippen molar-refractivity contribution in [3.05, 3.63) is 33.3 Å². The maximum absolute atomic E-state index is 11.2. The second-order valence-electron chi connectivity index (χ2n) is 2.45. The van der Waals surface area contributed by atoms with Crippen LogP contribution in [0.3, 0.4) is 0 Å². The molecule has 4 heteroatoms. The van der Waals surface area contributed by atoms with E-state index < -0.39 is 5.97 Å². The third-order valence-corrected chi connectivity index (χ3v) is 2.19. The smallest absolute Gasteiger partial charge is 0.340 e. The first-order valence-electron chi connectivity index (χ1n) is 3.64. The first kappa shape index (κ1) is 10.9. The molecule has 0 unspecified atom stereocenters. The van der Waals surface area contributed by atoms with Gasteiger partial charge in [0.05, 0.1) is 22.7 Å². The van der Waals surface area contributed by atoms with Crippen LogP contribution in [0.15, 0.2) is 12.1 Å². The summed E-state index contributed by atoms with van der Waals surface area (Å²) in [6.45, 7) is 0. The van der Waals surface area contributed by atoms with Crippen molar-refractivity contribution >= 4 is 29.2 Å². The van der Waals surface area contributed by atoms with Crippen LogP contribution in [0.2, 0.25) is 10.0 Å². The molecule has 0 spiro atoms. The maximum atomic E-state index is 11.2. The molecule has 0 saturated heterocycles. The van der Waals surface area contributed by atoms with E-state index in [0.29, 0.717) is 5.56 Å². The van der Waals surface area contributed by atoms with Crippen LogP contribution >= 0.6 is 23.2 Å². The fourth-order valence-corrected chi connectivity index (χ4v) is 1.59. The lowest BCUT2D eigenvalue weighted by Crippen LogP contribution is -2.03.